The van der Waals surface area contributed by atoms with Crippen LogP contribution in [0, 0.1) is 11.7 Å². The van der Waals surface area contributed by atoms with Crippen molar-refractivity contribution in [2.75, 3.05) is 23.9 Å². The average molecular weight is 330 g/mol. The first-order valence-electron chi connectivity index (χ1n) is 5.81. The monoisotopic (exact) mass is 329 g/mol. The topological polar surface area (TPSA) is 46.6 Å². The number of alkyl halides is 1. The lowest BCUT2D eigenvalue weighted by Crippen LogP contribution is -2.27. The summed E-state index contributed by atoms with van der Waals surface area (Å²) in [6, 6.07) is 4.22. The average Bonchev–Trinajstić information content (AvgIpc) is 2.79. The van der Waals surface area contributed by atoms with Crippen LogP contribution in [0.25, 0.3) is 0 Å². The fourth-order valence-corrected chi connectivity index (χ4v) is 2.59. The minimum absolute atomic E-state index is 0.111. The smallest absolute Gasteiger partial charge is 0.343 e. The number of hydrogen-bond acceptors (Lipinski definition) is 3. The van der Waals surface area contributed by atoms with Gasteiger partial charge in [-0.3, -0.25) is 4.79 Å². The predicted octanol–water partition coefficient (Wildman–Crippen LogP) is 2.36. The van der Waals surface area contributed by atoms with E-state index in [0.717, 1.165) is 0 Å². The number of amides is 1. The third kappa shape index (κ3) is 2.63. The molecule has 1 amide bonds. The van der Waals surface area contributed by atoms with Crippen molar-refractivity contribution in [2.24, 2.45) is 5.92 Å². The number of halogens is 2. The summed E-state index contributed by atoms with van der Waals surface area (Å²) >= 11 is 3.33. The van der Waals surface area contributed by atoms with Crippen LogP contribution in [-0.2, 0) is 9.53 Å². The van der Waals surface area contributed by atoms with Crippen molar-refractivity contribution in [2.45, 2.75) is 6.42 Å². The molecule has 1 heterocycles. The lowest BCUT2D eigenvalue weighted by molar-refractivity contribution is -0.117. The van der Waals surface area contributed by atoms with Crippen molar-refractivity contribution < 1.29 is 18.7 Å². The zero-order valence-corrected chi connectivity index (χ0v) is 11.9. The van der Waals surface area contributed by atoms with Crippen LogP contribution < -0.4 is 4.90 Å². The van der Waals surface area contributed by atoms with Gasteiger partial charge in [0.15, 0.2) is 0 Å². The molecule has 6 heteroatoms. The summed E-state index contributed by atoms with van der Waals surface area (Å²) < 4.78 is 18.4. The van der Waals surface area contributed by atoms with E-state index in [1.165, 1.54) is 24.1 Å². The van der Waals surface area contributed by atoms with Gasteiger partial charge in [0.2, 0.25) is 5.91 Å². The van der Waals surface area contributed by atoms with Crippen LogP contribution in [0.4, 0.5) is 10.1 Å². The van der Waals surface area contributed by atoms with Gasteiger partial charge in [-0.15, -0.1) is 0 Å². The predicted molar refractivity (Wildman–Crippen MR) is 72.0 cm³/mol. The van der Waals surface area contributed by atoms with Gasteiger partial charge in [0.25, 0.3) is 0 Å². The molecule has 0 aromatic heterocycles. The van der Waals surface area contributed by atoms with Crippen molar-refractivity contribution in [3.05, 3.63) is 29.6 Å². The Kier molecular flexibility index (Phi) is 4.19. The number of carbonyl (C=O) groups excluding carboxylic acids is 2. The highest BCUT2D eigenvalue weighted by Gasteiger charge is 2.33. The number of carbonyl (C=O) groups is 2. The molecule has 1 aliphatic rings. The minimum Gasteiger partial charge on any atom is -0.465 e. The molecule has 1 fully saturated rings. The van der Waals surface area contributed by atoms with Crippen LogP contribution in [-0.4, -0.2) is 30.9 Å². The van der Waals surface area contributed by atoms with Gasteiger partial charge < -0.3 is 9.64 Å². The number of anilines is 1. The molecule has 0 radical (unpaired) electrons. The van der Waals surface area contributed by atoms with Crippen molar-refractivity contribution in [3.8, 4) is 0 Å². The van der Waals surface area contributed by atoms with Gasteiger partial charge in [0.05, 0.1) is 12.8 Å². The molecule has 1 saturated heterocycles. The first-order chi connectivity index (χ1) is 9.08. The molecule has 1 aromatic carbocycles. The molecule has 1 aromatic rings. The summed E-state index contributed by atoms with van der Waals surface area (Å²) in [7, 11) is 1.19. The van der Waals surface area contributed by atoms with Gasteiger partial charge >= 0.3 is 5.97 Å². The van der Waals surface area contributed by atoms with Crippen LogP contribution in [0.2, 0.25) is 0 Å². The quantitative estimate of drug-likeness (QED) is 0.631. The highest BCUT2D eigenvalue weighted by Crippen LogP contribution is 2.30. The second kappa shape index (κ2) is 5.69. The molecule has 19 heavy (non-hydrogen) atoms. The Morgan fingerprint density at radius 2 is 2.32 bits per heavy atom. The van der Waals surface area contributed by atoms with E-state index in [9.17, 15) is 14.0 Å². The summed E-state index contributed by atoms with van der Waals surface area (Å²) in [4.78, 5) is 25.1. The molecule has 0 spiro atoms. The Hall–Kier alpha value is -1.43. The van der Waals surface area contributed by atoms with Crippen LogP contribution in [0.5, 0.6) is 0 Å². The van der Waals surface area contributed by atoms with Gasteiger partial charge in [-0.25, -0.2) is 9.18 Å². The van der Waals surface area contributed by atoms with Crippen molar-refractivity contribution in [1.29, 1.82) is 0 Å². The molecule has 0 bridgehead atoms. The lowest BCUT2D eigenvalue weighted by Gasteiger charge is -2.19. The Labute approximate surface area is 118 Å². The van der Waals surface area contributed by atoms with E-state index in [1.54, 1.807) is 6.07 Å². The van der Waals surface area contributed by atoms with E-state index >= 15 is 0 Å². The zero-order valence-electron chi connectivity index (χ0n) is 10.4. The molecule has 0 aliphatic carbocycles. The maximum Gasteiger partial charge on any atom is 0.343 e. The van der Waals surface area contributed by atoms with Crippen LogP contribution in [0.1, 0.15) is 16.8 Å². The van der Waals surface area contributed by atoms with Gasteiger partial charge in [-0.05, 0) is 18.1 Å². The molecule has 0 N–H and O–H groups in total. The molecule has 1 atom stereocenters. The number of hydrogen-bond donors (Lipinski definition) is 0. The lowest BCUT2D eigenvalue weighted by atomic mass is 10.1. The van der Waals surface area contributed by atoms with Gasteiger partial charge in [-0.2, -0.15) is 0 Å². The number of methoxy groups -OCH3 is 1. The van der Waals surface area contributed by atoms with Gasteiger partial charge in [0.1, 0.15) is 11.4 Å². The maximum absolute atomic E-state index is 13.8. The second-order valence-electron chi connectivity index (χ2n) is 4.35. The summed E-state index contributed by atoms with van der Waals surface area (Å²) in [6.45, 7) is 0.470. The first-order valence-corrected chi connectivity index (χ1v) is 6.93. The Balaban J connectivity index is 2.43. The molecular weight excluding hydrogens is 317 g/mol. The van der Waals surface area contributed by atoms with E-state index in [0.29, 0.717) is 18.3 Å². The summed E-state index contributed by atoms with van der Waals surface area (Å²) in [5.74, 6) is -1.40. The zero-order chi connectivity index (χ0) is 14.0. The minimum atomic E-state index is -0.775. The molecule has 2 rings (SSSR count). The Bertz CT molecular complexity index is 521. The third-order valence-electron chi connectivity index (χ3n) is 3.10. The fraction of sp³-hybridized carbons (Fsp3) is 0.385. The van der Waals surface area contributed by atoms with E-state index in [-0.39, 0.29) is 23.1 Å². The molecule has 0 saturated carbocycles. The second-order valence-corrected chi connectivity index (χ2v) is 5.00. The maximum atomic E-state index is 13.8. The molecular formula is C13H13BrFNO3. The Morgan fingerprint density at radius 3 is 2.89 bits per heavy atom. The SMILES string of the molecule is COC(=O)c1c(F)cccc1N1CC(CBr)CC1=O. The van der Waals surface area contributed by atoms with Crippen LogP contribution in [0.3, 0.4) is 0 Å². The molecule has 1 aliphatic heterocycles. The van der Waals surface area contributed by atoms with E-state index < -0.39 is 11.8 Å². The number of ether oxygens (including phenoxy) is 1. The van der Waals surface area contributed by atoms with E-state index in [4.69, 9.17) is 0 Å². The number of rotatable bonds is 3. The number of nitrogens with zero attached hydrogens (tertiary/aromatic N) is 1. The molecule has 4 nitrogen and oxygen atoms in total. The van der Waals surface area contributed by atoms with E-state index in [2.05, 4.69) is 20.7 Å². The standard InChI is InChI=1S/C13H13BrFNO3/c1-19-13(18)12-9(15)3-2-4-10(12)16-7-8(6-14)5-11(16)17/h2-4,8H,5-7H2,1H3. The first kappa shape index (κ1) is 14.0. The Morgan fingerprint density at radius 1 is 1.58 bits per heavy atom. The van der Waals surface area contributed by atoms with Crippen molar-refractivity contribution in [1.82, 2.24) is 0 Å². The number of esters is 1. The summed E-state index contributed by atoms with van der Waals surface area (Å²) in [5, 5.41) is 0.693. The molecule has 102 valence electrons. The molecule has 1 unspecified atom stereocenters. The normalized spacial score (nSPS) is 18.8. The van der Waals surface area contributed by atoms with Gasteiger partial charge in [-0.1, -0.05) is 22.0 Å². The number of benzene rings is 1. The summed E-state index contributed by atoms with van der Waals surface area (Å²) in [5.41, 5.74) is 0.0915. The van der Waals surface area contributed by atoms with Crippen molar-refractivity contribution >= 4 is 33.5 Å². The fourth-order valence-electron chi connectivity index (χ4n) is 2.16. The van der Waals surface area contributed by atoms with Crippen LogP contribution in [0.15, 0.2) is 18.2 Å². The third-order valence-corrected chi connectivity index (χ3v) is 4.01. The highest BCUT2D eigenvalue weighted by molar-refractivity contribution is 9.09. The van der Waals surface area contributed by atoms with Crippen molar-refractivity contribution in [3.63, 3.8) is 0 Å². The largest absolute Gasteiger partial charge is 0.465 e. The van der Waals surface area contributed by atoms with E-state index in [1.807, 2.05) is 0 Å². The van der Waals surface area contributed by atoms with Gasteiger partial charge in [0, 0.05) is 18.3 Å². The summed E-state index contributed by atoms with van der Waals surface area (Å²) in [6.07, 6.45) is 0.391. The highest BCUT2D eigenvalue weighted by atomic mass is 79.9. The van der Waals surface area contributed by atoms with Crippen LogP contribution >= 0.6 is 15.9 Å².